The normalized spacial score (nSPS) is 24.1. The summed E-state index contributed by atoms with van der Waals surface area (Å²) < 4.78 is 5.45. The minimum atomic E-state index is -0.244. The summed E-state index contributed by atoms with van der Waals surface area (Å²) in [5.41, 5.74) is 0.622. The molecule has 2 aromatic rings. The van der Waals surface area contributed by atoms with Crippen molar-refractivity contribution < 1.29 is 9.32 Å². The molecule has 0 N–H and O–H groups in total. The molecule has 0 radical (unpaired) electrons. The van der Waals surface area contributed by atoms with Gasteiger partial charge in [0.15, 0.2) is 5.82 Å². The monoisotopic (exact) mass is 326 g/mol. The maximum Gasteiger partial charge on any atom is 0.258 e. The minimum Gasteiger partial charge on any atom is -0.342 e. The van der Waals surface area contributed by atoms with Gasteiger partial charge in [0.05, 0.1) is 0 Å². The Morgan fingerprint density at radius 3 is 2.92 bits per heavy atom. The summed E-state index contributed by atoms with van der Waals surface area (Å²) in [4.78, 5) is 23.0. The van der Waals surface area contributed by atoms with Crippen LogP contribution in [0.5, 0.6) is 0 Å². The number of aromatic nitrogens is 3. The molecule has 0 spiro atoms. The number of nitrogens with zero attached hydrogens (tertiary/aromatic N) is 4. The first kappa shape index (κ1) is 15.3. The van der Waals surface area contributed by atoms with Crippen molar-refractivity contribution in [3.8, 4) is 11.5 Å². The van der Waals surface area contributed by atoms with Gasteiger partial charge in [-0.05, 0) is 43.7 Å². The van der Waals surface area contributed by atoms with E-state index in [0.29, 0.717) is 30.6 Å². The number of piperidine rings is 1. The van der Waals surface area contributed by atoms with E-state index in [0.717, 1.165) is 24.9 Å². The third-order valence-corrected chi connectivity index (χ3v) is 5.10. The van der Waals surface area contributed by atoms with Crippen molar-refractivity contribution in [1.82, 2.24) is 20.0 Å². The summed E-state index contributed by atoms with van der Waals surface area (Å²) in [6.45, 7) is 3.65. The van der Waals surface area contributed by atoms with Gasteiger partial charge < -0.3 is 9.42 Å². The van der Waals surface area contributed by atoms with E-state index in [1.807, 2.05) is 17.0 Å². The number of amides is 1. The molecule has 24 heavy (non-hydrogen) atoms. The highest BCUT2D eigenvalue weighted by Gasteiger charge is 2.39. The smallest absolute Gasteiger partial charge is 0.258 e. The topological polar surface area (TPSA) is 72.1 Å². The third kappa shape index (κ3) is 3.05. The van der Waals surface area contributed by atoms with Crippen LogP contribution in [0.15, 0.2) is 29.0 Å². The maximum absolute atomic E-state index is 12.4. The van der Waals surface area contributed by atoms with Gasteiger partial charge in [0.2, 0.25) is 5.91 Å². The molecule has 1 amide bonds. The second-order valence-corrected chi connectivity index (χ2v) is 7.29. The second-order valence-electron chi connectivity index (χ2n) is 7.29. The quantitative estimate of drug-likeness (QED) is 0.864. The highest BCUT2D eigenvalue weighted by atomic mass is 16.5. The van der Waals surface area contributed by atoms with Crippen LogP contribution in [0.3, 0.4) is 0 Å². The molecular formula is C18H22N4O2. The molecule has 0 aromatic carbocycles. The third-order valence-electron chi connectivity index (χ3n) is 5.10. The Balaban J connectivity index is 1.51. The van der Waals surface area contributed by atoms with E-state index in [1.165, 1.54) is 12.8 Å². The standard InChI is InChI=1S/C18H22N4O2/c1-18(7-2-10-22(12-18)15(23)11-13-3-4-13)17-20-16(24-21-17)14-5-8-19-9-6-14/h5-6,8-9,13H,2-4,7,10-12H2,1H3. The first-order chi connectivity index (χ1) is 11.6. The van der Waals surface area contributed by atoms with Crippen molar-refractivity contribution in [2.45, 2.75) is 44.4 Å². The lowest BCUT2D eigenvalue weighted by Crippen LogP contribution is -2.47. The molecule has 0 bridgehead atoms. The summed E-state index contributed by atoms with van der Waals surface area (Å²) >= 11 is 0. The summed E-state index contributed by atoms with van der Waals surface area (Å²) in [5, 5.41) is 4.21. The molecule has 1 aliphatic heterocycles. The van der Waals surface area contributed by atoms with E-state index in [4.69, 9.17) is 4.52 Å². The van der Waals surface area contributed by atoms with Crippen LogP contribution in [0.2, 0.25) is 0 Å². The number of rotatable bonds is 4. The summed E-state index contributed by atoms with van der Waals surface area (Å²) in [5.74, 6) is 2.10. The molecule has 1 unspecified atom stereocenters. The number of likely N-dealkylation sites (tertiary alicyclic amines) is 1. The van der Waals surface area contributed by atoms with Crippen LogP contribution >= 0.6 is 0 Å². The van der Waals surface area contributed by atoms with Gasteiger partial charge in [-0.3, -0.25) is 9.78 Å². The number of pyridine rings is 1. The highest BCUT2D eigenvalue weighted by molar-refractivity contribution is 5.77. The van der Waals surface area contributed by atoms with Crippen LogP contribution in [-0.4, -0.2) is 39.0 Å². The Labute approximate surface area is 141 Å². The zero-order valence-corrected chi connectivity index (χ0v) is 13.9. The molecule has 1 aliphatic carbocycles. The lowest BCUT2D eigenvalue weighted by Gasteiger charge is -2.38. The van der Waals surface area contributed by atoms with Crippen molar-refractivity contribution in [3.05, 3.63) is 30.4 Å². The average Bonchev–Trinajstić information content (AvgIpc) is 3.26. The van der Waals surface area contributed by atoms with Crippen molar-refractivity contribution in [3.63, 3.8) is 0 Å². The lowest BCUT2D eigenvalue weighted by atomic mass is 9.81. The Morgan fingerprint density at radius 1 is 1.38 bits per heavy atom. The average molecular weight is 326 g/mol. The minimum absolute atomic E-state index is 0.244. The fourth-order valence-corrected chi connectivity index (χ4v) is 3.41. The number of carbonyl (C=O) groups is 1. The van der Waals surface area contributed by atoms with Crippen LogP contribution in [0.25, 0.3) is 11.5 Å². The van der Waals surface area contributed by atoms with Crippen LogP contribution in [0, 0.1) is 5.92 Å². The van der Waals surface area contributed by atoms with E-state index in [-0.39, 0.29) is 11.3 Å². The number of hydrogen-bond acceptors (Lipinski definition) is 5. The Hall–Kier alpha value is -2.24. The summed E-state index contributed by atoms with van der Waals surface area (Å²) in [6.07, 6.45) is 8.47. The molecule has 2 aromatic heterocycles. The zero-order chi connectivity index (χ0) is 16.6. The van der Waals surface area contributed by atoms with Crippen LogP contribution < -0.4 is 0 Å². The molecule has 2 fully saturated rings. The van der Waals surface area contributed by atoms with Crippen molar-refractivity contribution >= 4 is 5.91 Å². The summed E-state index contributed by atoms with van der Waals surface area (Å²) in [7, 11) is 0. The largest absolute Gasteiger partial charge is 0.342 e. The molecule has 3 heterocycles. The molecule has 6 nitrogen and oxygen atoms in total. The number of carbonyl (C=O) groups excluding carboxylic acids is 1. The molecule has 6 heteroatoms. The van der Waals surface area contributed by atoms with Gasteiger partial charge in [-0.2, -0.15) is 4.98 Å². The predicted octanol–water partition coefficient (Wildman–Crippen LogP) is 2.81. The van der Waals surface area contributed by atoms with E-state index in [2.05, 4.69) is 22.0 Å². The first-order valence-electron chi connectivity index (χ1n) is 8.66. The fraction of sp³-hybridized carbons (Fsp3) is 0.556. The molecule has 1 saturated heterocycles. The Kier molecular flexibility index (Phi) is 3.82. The van der Waals surface area contributed by atoms with Gasteiger partial charge in [0, 0.05) is 42.9 Å². The molecule has 1 saturated carbocycles. The second kappa shape index (κ2) is 6.00. The van der Waals surface area contributed by atoms with E-state index in [9.17, 15) is 4.79 Å². The zero-order valence-electron chi connectivity index (χ0n) is 13.9. The molecule has 126 valence electrons. The van der Waals surface area contributed by atoms with Gasteiger partial charge in [-0.25, -0.2) is 0 Å². The van der Waals surface area contributed by atoms with Gasteiger partial charge in [-0.1, -0.05) is 12.1 Å². The predicted molar refractivity (Wildman–Crippen MR) is 88.0 cm³/mol. The molecule has 1 atom stereocenters. The van der Waals surface area contributed by atoms with Gasteiger partial charge in [0.25, 0.3) is 5.89 Å². The van der Waals surface area contributed by atoms with Gasteiger partial charge in [0.1, 0.15) is 0 Å². The highest BCUT2D eigenvalue weighted by Crippen LogP contribution is 2.36. The van der Waals surface area contributed by atoms with Crippen LogP contribution in [0.4, 0.5) is 0 Å². The SMILES string of the molecule is CC1(c2noc(-c3ccncc3)n2)CCCN(C(=O)CC2CC2)C1. The van der Waals surface area contributed by atoms with Crippen LogP contribution in [0.1, 0.15) is 44.9 Å². The molecule has 4 rings (SSSR count). The Bertz CT molecular complexity index is 726. The Morgan fingerprint density at radius 2 is 2.17 bits per heavy atom. The maximum atomic E-state index is 12.4. The lowest BCUT2D eigenvalue weighted by molar-refractivity contribution is -0.133. The number of hydrogen-bond donors (Lipinski definition) is 0. The van der Waals surface area contributed by atoms with Crippen molar-refractivity contribution in [2.75, 3.05) is 13.1 Å². The van der Waals surface area contributed by atoms with Crippen molar-refractivity contribution in [2.24, 2.45) is 5.92 Å². The van der Waals surface area contributed by atoms with Gasteiger partial charge >= 0.3 is 0 Å². The van der Waals surface area contributed by atoms with E-state index in [1.54, 1.807) is 12.4 Å². The van der Waals surface area contributed by atoms with Crippen molar-refractivity contribution in [1.29, 1.82) is 0 Å². The van der Waals surface area contributed by atoms with Gasteiger partial charge in [-0.15, -0.1) is 0 Å². The van der Waals surface area contributed by atoms with E-state index < -0.39 is 0 Å². The molecule has 2 aliphatic rings. The van der Waals surface area contributed by atoms with E-state index >= 15 is 0 Å². The molecular weight excluding hydrogens is 304 g/mol. The summed E-state index contributed by atoms with van der Waals surface area (Å²) in [6, 6.07) is 3.71. The fourth-order valence-electron chi connectivity index (χ4n) is 3.41. The first-order valence-corrected chi connectivity index (χ1v) is 8.66. The van der Waals surface area contributed by atoms with Crippen LogP contribution in [-0.2, 0) is 10.2 Å².